The summed E-state index contributed by atoms with van der Waals surface area (Å²) in [7, 11) is 3.97. The molecule has 6 nitrogen and oxygen atoms in total. The summed E-state index contributed by atoms with van der Waals surface area (Å²) in [5, 5.41) is 3.49. The molecule has 0 unspecified atom stereocenters. The lowest BCUT2D eigenvalue weighted by atomic mass is 9.67. The fourth-order valence-corrected chi connectivity index (χ4v) is 7.90. The predicted molar refractivity (Wildman–Crippen MR) is 184 cm³/mol. The number of piperazine rings is 1. The molecule has 4 saturated heterocycles. The van der Waals surface area contributed by atoms with E-state index in [1.54, 1.807) is 7.11 Å². The number of hydrogen-bond acceptors (Lipinski definition) is 6. The van der Waals surface area contributed by atoms with Gasteiger partial charge in [-0.2, -0.15) is 0 Å². The monoisotopic (exact) mass is 588 g/mol. The molecule has 1 N–H and O–H groups in total. The Morgan fingerprint density at radius 3 is 1.90 bits per heavy atom. The van der Waals surface area contributed by atoms with Crippen LogP contribution in [0.1, 0.15) is 80.2 Å². The minimum Gasteiger partial charge on any atom is -0.383 e. The van der Waals surface area contributed by atoms with Crippen molar-refractivity contribution >= 4 is 5.69 Å². The first-order chi connectivity index (χ1) is 20.0. The summed E-state index contributed by atoms with van der Waals surface area (Å²) in [6.07, 6.45) is 3.92. The van der Waals surface area contributed by atoms with E-state index in [4.69, 9.17) is 4.74 Å². The van der Waals surface area contributed by atoms with E-state index in [-0.39, 0.29) is 0 Å². The quantitative estimate of drug-likeness (QED) is 0.388. The molecule has 0 bridgehead atoms. The Balaban J connectivity index is 0.000000320. The van der Waals surface area contributed by atoms with Crippen LogP contribution in [0.4, 0.5) is 5.69 Å². The molecule has 0 atom stereocenters. The van der Waals surface area contributed by atoms with E-state index in [2.05, 4.69) is 90.8 Å². The lowest BCUT2D eigenvalue weighted by molar-refractivity contribution is -0.108. The van der Waals surface area contributed by atoms with Crippen LogP contribution in [0.25, 0.3) is 0 Å². The number of ether oxygens (including phenoxy) is 1. The third kappa shape index (κ3) is 10.5. The average molecular weight is 588 g/mol. The Morgan fingerprint density at radius 2 is 1.40 bits per heavy atom. The topological polar surface area (TPSA) is 34.2 Å². The lowest BCUT2D eigenvalue weighted by Crippen LogP contribution is -2.71. The smallest absolute Gasteiger partial charge is 0.0589 e. The van der Waals surface area contributed by atoms with E-state index < -0.39 is 0 Å². The number of rotatable bonds is 8. The van der Waals surface area contributed by atoms with Crippen LogP contribution < -0.4 is 10.2 Å². The molecule has 6 heteroatoms. The molecule has 5 rings (SSSR count). The van der Waals surface area contributed by atoms with Crippen molar-refractivity contribution in [3.63, 3.8) is 0 Å². The fraction of sp³-hybridized carbons (Fsp3) is 0.833. The first-order valence-corrected chi connectivity index (χ1v) is 17.2. The molecule has 0 radical (unpaired) electrons. The van der Waals surface area contributed by atoms with Gasteiger partial charge in [0, 0.05) is 95.7 Å². The number of hydrogen-bond donors (Lipinski definition) is 1. The average Bonchev–Trinajstić information content (AvgIpc) is 2.96. The minimum atomic E-state index is 0.291. The van der Waals surface area contributed by atoms with Crippen LogP contribution in [0.2, 0.25) is 0 Å². The first kappa shape index (κ1) is 37.0. The summed E-state index contributed by atoms with van der Waals surface area (Å²) in [5.41, 5.74) is 4.11. The number of methoxy groups -OCH3 is 1. The highest BCUT2D eigenvalue weighted by atomic mass is 16.5. The maximum absolute atomic E-state index is 5.04. The number of nitrogens with one attached hydrogen (secondary N) is 1. The maximum Gasteiger partial charge on any atom is 0.0589 e. The lowest BCUT2D eigenvalue weighted by Gasteiger charge is -2.59. The zero-order chi connectivity index (χ0) is 31.4. The van der Waals surface area contributed by atoms with Gasteiger partial charge in [-0.25, -0.2) is 0 Å². The van der Waals surface area contributed by atoms with Crippen LogP contribution in [0, 0.1) is 23.7 Å². The standard InChI is InChI=1S/C23H39N3.C9H18N2O.2C2H6/c1-19-6-8-21(9-7-19)25-14-10-20(11-15-25)22(2,3)18-23(4,5)26-16-12-24-13-17-26;1-10-5-9(6-10)7-11(8-9)3-4-12-2;2*1-2/h6-9,20,24H,10-18H2,1-5H3;3-8H2,1-2H3;2*1-2H3. The second kappa shape index (κ2) is 17.3. The van der Waals surface area contributed by atoms with Gasteiger partial charge >= 0.3 is 0 Å². The van der Waals surface area contributed by atoms with Crippen LogP contribution in [-0.2, 0) is 4.74 Å². The normalized spacial score (nSPS) is 21.5. The molecular formula is C36H69N5O. The number of aryl methyl sites for hydroxylation is 1. The summed E-state index contributed by atoms with van der Waals surface area (Å²) in [6.45, 7) is 34.4. The van der Waals surface area contributed by atoms with Gasteiger partial charge in [-0.1, -0.05) is 59.2 Å². The van der Waals surface area contributed by atoms with Crippen molar-refractivity contribution in [2.45, 2.75) is 87.1 Å². The zero-order valence-corrected chi connectivity index (χ0v) is 29.7. The SMILES string of the molecule is CC.CC.COCCN1CC2(CN(C)C2)C1.Cc1ccc(N2CCC(C(C)(C)CC(C)(C)N3CCNCC3)CC2)cc1. The number of likely N-dealkylation sites (tertiary alicyclic amines) is 2. The molecule has 4 heterocycles. The van der Waals surface area contributed by atoms with Crippen molar-refractivity contribution in [3.8, 4) is 0 Å². The summed E-state index contributed by atoms with van der Waals surface area (Å²) in [4.78, 5) is 10.2. The Hall–Kier alpha value is -1.18. The van der Waals surface area contributed by atoms with Crippen molar-refractivity contribution in [2.75, 3.05) is 97.7 Å². The summed E-state index contributed by atoms with van der Waals surface area (Å²) in [6, 6.07) is 9.05. The van der Waals surface area contributed by atoms with E-state index in [1.807, 2.05) is 27.7 Å². The molecular weight excluding hydrogens is 518 g/mol. The molecule has 1 spiro atoms. The fourth-order valence-electron chi connectivity index (χ4n) is 7.90. The van der Waals surface area contributed by atoms with Gasteiger partial charge in [0.05, 0.1) is 6.61 Å². The third-order valence-electron chi connectivity index (χ3n) is 9.80. The molecule has 4 aliphatic rings. The highest BCUT2D eigenvalue weighted by Crippen LogP contribution is 2.43. The van der Waals surface area contributed by atoms with E-state index in [1.165, 1.54) is 82.9 Å². The van der Waals surface area contributed by atoms with Crippen LogP contribution >= 0.6 is 0 Å². The van der Waals surface area contributed by atoms with Crippen LogP contribution in [0.5, 0.6) is 0 Å². The van der Waals surface area contributed by atoms with Gasteiger partial charge in [0.2, 0.25) is 0 Å². The Morgan fingerprint density at radius 1 is 0.857 bits per heavy atom. The highest BCUT2D eigenvalue weighted by Gasteiger charge is 2.49. The molecule has 244 valence electrons. The van der Waals surface area contributed by atoms with E-state index in [0.717, 1.165) is 32.2 Å². The van der Waals surface area contributed by atoms with Gasteiger partial charge in [0.1, 0.15) is 0 Å². The molecule has 0 aromatic heterocycles. The van der Waals surface area contributed by atoms with Crippen molar-refractivity contribution in [2.24, 2.45) is 16.7 Å². The summed E-state index contributed by atoms with van der Waals surface area (Å²) in [5.74, 6) is 0.825. The van der Waals surface area contributed by atoms with Crippen molar-refractivity contribution in [3.05, 3.63) is 29.8 Å². The van der Waals surface area contributed by atoms with Gasteiger partial charge < -0.3 is 19.9 Å². The van der Waals surface area contributed by atoms with Crippen LogP contribution in [0.15, 0.2) is 24.3 Å². The minimum absolute atomic E-state index is 0.291. The van der Waals surface area contributed by atoms with E-state index in [0.29, 0.717) is 16.4 Å². The van der Waals surface area contributed by atoms with Crippen molar-refractivity contribution < 1.29 is 4.74 Å². The largest absolute Gasteiger partial charge is 0.383 e. The predicted octanol–water partition coefficient (Wildman–Crippen LogP) is 6.24. The molecule has 0 amide bonds. The maximum atomic E-state index is 5.04. The van der Waals surface area contributed by atoms with Crippen molar-refractivity contribution in [1.82, 2.24) is 20.0 Å². The van der Waals surface area contributed by atoms with Crippen molar-refractivity contribution in [1.29, 1.82) is 0 Å². The molecule has 4 aliphatic heterocycles. The van der Waals surface area contributed by atoms with E-state index >= 15 is 0 Å². The zero-order valence-electron chi connectivity index (χ0n) is 29.7. The van der Waals surface area contributed by atoms with Gasteiger partial charge in [-0.15, -0.1) is 0 Å². The van der Waals surface area contributed by atoms with Crippen LogP contribution in [-0.4, -0.2) is 113 Å². The Labute approximate surface area is 261 Å². The molecule has 0 saturated carbocycles. The third-order valence-corrected chi connectivity index (χ3v) is 9.80. The summed E-state index contributed by atoms with van der Waals surface area (Å²) < 4.78 is 5.04. The van der Waals surface area contributed by atoms with Crippen LogP contribution in [0.3, 0.4) is 0 Å². The van der Waals surface area contributed by atoms with Gasteiger partial charge in [-0.3, -0.25) is 9.80 Å². The molecule has 1 aromatic carbocycles. The molecule has 0 aliphatic carbocycles. The molecule has 4 fully saturated rings. The number of anilines is 1. The second-order valence-corrected chi connectivity index (χ2v) is 14.2. The second-order valence-electron chi connectivity index (χ2n) is 14.2. The number of benzene rings is 1. The first-order valence-electron chi connectivity index (χ1n) is 17.2. The number of nitrogens with zero attached hydrogens (tertiary/aromatic N) is 4. The van der Waals surface area contributed by atoms with Gasteiger partial charge in [0.15, 0.2) is 0 Å². The molecule has 1 aromatic rings. The van der Waals surface area contributed by atoms with E-state index in [9.17, 15) is 0 Å². The Bertz CT molecular complexity index is 842. The van der Waals surface area contributed by atoms with Gasteiger partial charge in [0.25, 0.3) is 0 Å². The summed E-state index contributed by atoms with van der Waals surface area (Å²) >= 11 is 0. The Kier molecular flexibility index (Phi) is 15.3. The molecule has 42 heavy (non-hydrogen) atoms. The number of piperidine rings is 1. The highest BCUT2D eigenvalue weighted by molar-refractivity contribution is 5.47. The van der Waals surface area contributed by atoms with Gasteiger partial charge in [-0.05, 0) is 70.5 Å².